The van der Waals surface area contributed by atoms with Gasteiger partial charge in [0, 0.05) is 5.39 Å². The molecule has 0 bridgehead atoms. The first-order valence-electron chi connectivity index (χ1n) is 7.06. The van der Waals surface area contributed by atoms with Crippen LogP contribution in [0.15, 0.2) is 30.5 Å². The van der Waals surface area contributed by atoms with Crippen LogP contribution in [0.5, 0.6) is 0 Å². The Balaban J connectivity index is 1.66. The zero-order valence-corrected chi connectivity index (χ0v) is 11.5. The molecule has 1 aromatic carbocycles. The average Bonchev–Trinajstić information content (AvgIpc) is 3.19. The topological polar surface area (TPSA) is 84.2 Å². The number of carboxylic acid groups (broad SMARTS) is 1. The molecule has 110 valence electrons. The number of hydrogen-bond acceptors (Lipinski definition) is 3. The second-order valence-electron chi connectivity index (χ2n) is 5.50. The molecule has 1 heterocycles. The van der Waals surface area contributed by atoms with Crippen LogP contribution in [0.1, 0.15) is 19.3 Å². The first-order valence-corrected chi connectivity index (χ1v) is 7.06. The highest BCUT2D eigenvalue weighted by molar-refractivity contribution is 5.85. The van der Waals surface area contributed by atoms with Gasteiger partial charge in [0.2, 0.25) is 5.91 Å². The van der Waals surface area contributed by atoms with E-state index in [4.69, 9.17) is 5.11 Å². The van der Waals surface area contributed by atoms with Crippen molar-refractivity contribution in [1.82, 2.24) is 15.1 Å². The van der Waals surface area contributed by atoms with Crippen LogP contribution in [-0.4, -0.2) is 32.8 Å². The molecule has 1 atom stereocenters. The van der Waals surface area contributed by atoms with Crippen LogP contribution >= 0.6 is 0 Å². The van der Waals surface area contributed by atoms with E-state index in [-0.39, 0.29) is 12.5 Å². The SMILES string of the molecule is O=C(Cn1ncc2ccccc21)NC(CC1CC1)C(=O)O. The van der Waals surface area contributed by atoms with Gasteiger partial charge in [0.15, 0.2) is 0 Å². The Morgan fingerprint density at radius 2 is 2.14 bits per heavy atom. The van der Waals surface area contributed by atoms with Crippen molar-refractivity contribution >= 4 is 22.8 Å². The Labute approximate surface area is 121 Å². The summed E-state index contributed by atoms with van der Waals surface area (Å²) in [4.78, 5) is 23.2. The number of para-hydroxylation sites is 1. The second-order valence-corrected chi connectivity index (χ2v) is 5.50. The van der Waals surface area contributed by atoms with E-state index < -0.39 is 12.0 Å². The molecule has 1 fully saturated rings. The van der Waals surface area contributed by atoms with Crippen LogP contribution in [-0.2, 0) is 16.1 Å². The number of carbonyl (C=O) groups excluding carboxylic acids is 1. The Kier molecular flexibility index (Phi) is 3.60. The lowest BCUT2D eigenvalue weighted by Gasteiger charge is -2.14. The number of fused-ring (bicyclic) bond motifs is 1. The summed E-state index contributed by atoms with van der Waals surface area (Å²) in [7, 11) is 0. The summed E-state index contributed by atoms with van der Waals surface area (Å²) in [5, 5.41) is 16.9. The molecule has 0 saturated heterocycles. The minimum absolute atomic E-state index is 0.0297. The van der Waals surface area contributed by atoms with E-state index in [2.05, 4.69) is 10.4 Å². The van der Waals surface area contributed by atoms with Crippen LogP contribution in [0, 0.1) is 5.92 Å². The number of rotatable bonds is 6. The van der Waals surface area contributed by atoms with E-state index in [9.17, 15) is 9.59 Å². The molecule has 1 unspecified atom stereocenters. The summed E-state index contributed by atoms with van der Waals surface area (Å²) in [5.41, 5.74) is 0.863. The number of hydrogen-bond donors (Lipinski definition) is 2. The number of carbonyl (C=O) groups is 2. The van der Waals surface area contributed by atoms with Crippen molar-refractivity contribution in [2.75, 3.05) is 0 Å². The number of nitrogens with one attached hydrogen (secondary N) is 1. The molecular weight excluding hydrogens is 270 g/mol. The molecule has 0 spiro atoms. The fourth-order valence-corrected chi connectivity index (χ4v) is 2.44. The van der Waals surface area contributed by atoms with E-state index in [1.807, 2.05) is 24.3 Å². The minimum atomic E-state index is -0.972. The third-order valence-corrected chi connectivity index (χ3v) is 3.74. The van der Waals surface area contributed by atoms with Gasteiger partial charge in [-0.25, -0.2) is 4.79 Å². The summed E-state index contributed by atoms with van der Waals surface area (Å²) in [6, 6.07) is 6.79. The molecule has 21 heavy (non-hydrogen) atoms. The van der Waals surface area contributed by atoms with Gasteiger partial charge in [-0.2, -0.15) is 5.10 Å². The van der Waals surface area contributed by atoms with Gasteiger partial charge in [-0.15, -0.1) is 0 Å². The van der Waals surface area contributed by atoms with E-state index in [0.29, 0.717) is 12.3 Å². The maximum absolute atomic E-state index is 12.0. The lowest BCUT2D eigenvalue weighted by atomic mass is 10.1. The molecule has 6 nitrogen and oxygen atoms in total. The molecular formula is C15H17N3O3. The monoisotopic (exact) mass is 287 g/mol. The summed E-state index contributed by atoms with van der Waals surface area (Å²) < 4.78 is 1.58. The molecule has 1 amide bonds. The van der Waals surface area contributed by atoms with Gasteiger partial charge in [-0.1, -0.05) is 31.0 Å². The molecule has 1 aliphatic carbocycles. The number of aliphatic carboxylic acids is 1. The molecule has 3 rings (SSSR count). The highest BCUT2D eigenvalue weighted by Crippen LogP contribution is 2.33. The summed E-state index contributed by atoms with van der Waals surface area (Å²) in [6.07, 6.45) is 4.33. The molecule has 1 aromatic heterocycles. The molecule has 6 heteroatoms. The Morgan fingerprint density at radius 3 is 2.86 bits per heavy atom. The standard InChI is InChI=1S/C15H17N3O3/c19-14(17-12(15(20)21)7-10-5-6-10)9-18-13-4-2-1-3-11(13)8-16-18/h1-4,8,10,12H,5-7,9H2,(H,17,19)(H,20,21). The van der Waals surface area contributed by atoms with E-state index >= 15 is 0 Å². The maximum atomic E-state index is 12.0. The van der Waals surface area contributed by atoms with Crippen molar-refractivity contribution in [2.24, 2.45) is 5.92 Å². The lowest BCUT2D eigenvalue weighted by molar-refractivity contribution is -0.142. The number of amides is 1. The third kappa shape index (κ3) is 3.21. The highest BCUT2D eigenvalue weighted by atomic mass is 16.4. The van der Waals surface area contributed by atoms with Gasteiger partial charge in [-0.05, 0) is 18.4 Å². The Bertz CT molecular complexity index is 676. The van der Waals surface area contributed by atoms with Gasteiger partial charge in [-0.3, -0.25) is 9.48 Å². The Hall–Kier alpha value is -2.37. The first kappa shape index (κ1) is 13.6. The van der Waals surface area contributed by atoms with Gasteiger partial charge < -0.3 is 10.4 Å². The zero-order chi connectivity index (χ0) is 14.8. The van der Waals surface area contributed by atoms with Crippen LogP contribution in [0.4, 0.5) is 0 Å². The smallest absolute Gasteiger partial charge is 0.326 e. The van der Waals surface area contributed by atoms with Crippen molar-refractivity contribution in [1.29, 1.82) is 0 Å². The van der Waals surface area contributed by atoms with Crippen LogP contribution in [0.2, 0.25) is 0 Å². The maximum Gasteiger partial charge on any atom is 0.326 e. The fourth-order valence-electron chi connectivity index (χ4n) is 2.44. The number of carboxylic acids is 1. The number of aromatic nitrogens is 2. The molecule has 1 aliphatic rings. The first-order chi connectivity index (χ1) is 10.1. The predicted octanol–water partition coefficient (Wildman–Crippen LogP) is 1.41. The van der Waals surface area contributed by atoms with E-state index in [0.717, 1.165) is 23.7 Å². The van der Waals surface area contributed by atoms with Crippen molar-refractivity contribution in [3.8, 4) is 0 Å². The molecule has 1 saturated carbocycles. The van der Waals surface area contributed by atoms with Gasteiger partial charge in [0.1, 0.15) is 12.6 Å². The second kappa shape index (κ2) is 5.55. The van der Waals surface area contributed by atoms with Crippen LogP contribution in [0.25, 0.3) is 10.9 Å². The van der Waals surface area contributed by atoms with E-state index in [1.165, 1.54) is 0 Å². The minimum Gasteiger partial charge on any atom is -0.480 e. The quantitative estimate of drug-likeness (QED) is 0.841. The number of nitrogens with zero attached hydrogens (tertiary/aromatic N) is 2. The normalized spacial score (nSPS) is 15.8. The van der Waals surface area contributed by atoms with Crippen molar-refractivity contribution in [3.63, 3.8) is 0 Å². The highest BCUT2D eigenvalue weighted by Gasteiger charge is 2.30. The third-order valence-electron chi connectivity index (χ3n) is 3.74. The lowest BCUT2D eigenvalue weighted by Crippen LogP contribution is -2.42. The predicted molar refractivity (Wildman–Crippen MR) is 76.6 cm³/mol. The Morgan fingerprint density at radius 1 is 1.38 bits per heavy atom. The van der Waals surface area contributed by atoms with Crippen molar-refractivity contribution in [3.05, 3.63) is 30.5 Å². The summed E-state index contributed by atoms with van der Waals surface area (Å²) >= 11 is 0. The van der Waals surface area contributed by atoms with Gasteiger partial charge >= 0.3 is 5.97 Å². The van der Waals surface area contributed by atoms with Crippen LogP contribution in [0.3, 0.4) is 0 Å². The molecule has 0 aliphatic heterocycles. The summed E-state index contributed by atoms with van der Waals surface area (Å²) in [6.45, 7) is 0.0297. The van der Waals surface area contributed by atoms with Crippen molar-refractivity contribution in [2.45, 2.75) is 31.8 Å². The van der Waals surface area contributed by atoms with E-state index in [1.54, 1.807) is 10.9 Å². The molecule has 0 radical (unpaired) electrons. The fraction of sp³-hybridized carbons (Fsp3) is 0.400. The molecule has 2 N–H and O–H groups in total. The number of benzene rings is 1. The van der Waals surface area contributed by atoms with Gasteiger partial charge in [0.25, 0.3) is 0 Å². The largest absolute Gasteiger partial charge is 0.480 e. The molecule has 2 aromatic rings. The van der Waals surface area contributed by atoms with Gasteiger partial charge in [0.05, 0.1) is 11.7 Å². The van der Waals surface area contributed by atoms with Crippen LogP contribution < -0.4 is 5.32 Å². The summed E-state index contributed by atoms with van der Waals surface area (Å²) in [5.74, 6) is -0.852. The zero-order valence-electron chi connectivity index (χ0n) is 11.5. The van der Waals surface area contributed by atoms with Crippen molar-refractivity contribution < 1.29 is 14.7 Å². The average molecular weight is 287 g/mol.